The van der Waals surface area contributed by atoms with Gasteiger partial charge in [0.15, 0.2) is 0 Å². The zero-order chi connectivity index (χ0) is 23.2. The lowest BCUT2D eigenvalue weighted by molar-refractivity contribution is 0.194. The summed E-state index contributed by atoms with van der Waals surface area (Å²) in [5.74, 6) is 2.56. The second-order valence-corrected chi connectivity index (χ2v) is 8.40. The third-order valence-electron chi connectivity index (χ3n) is 5.83. The molecule has 7 heteroatoms. The van der Waals surface area contributed by atoms with Crippen LogP contribution in [0.2, 0.25) is 0 Å². The van der Waals surface area contributed by atoms with E-state index in [9.17, 15) is 0 Å². The van der Waals surface area contributed by atoms with E-state index in [-0.39, 0.29) is 6.10 Å². The highest BCUT2D eigenvalue weighted by Gasteiger charge is 2.21. The summed E-state index contributed by atoms with van der Waals surface area (Å²) in [5.41, 5.74) is 8.36. The largest absolute Gasteiger partial charge is 0.470 e. The van der Waals surface area contributed by atoms with Crippen LogP contribution in [0.1, 0.15) is 22.3 Å². The van der Waals surface area contributed by atoms with E-state index in [1.807, 2.05) is 43.3 Å². The number of ether oxygens (including phenoxy) is 1. The van der Waals surface area contributed by atoms with Crippen molar-refractivity contribution in [2.45, 2.75) is 19.4 Å². The molecule has 0 radical (unpaired) electrons. The maximum Gasteiger partial charge on any atom is 0.237 e. The molecule has 1 aliphatic heterocycles. The Morgan fingerprint density at radius 1 is 1.27 bits per heavy atom. The summed E-state index contributed by atoms with van der Waals surface area (Å²) in [6.07, 6.45) is 2.80. The Morgan fingerprint density at radius 2 is 2.09 bits per heavy atom. The molecule has 0 saturated heterocycles. The number of nitrogens with zero attached hydrogens (tertiary/aromatic N) is 2. The van der Waals surface area contributed by atoms with E-state index in [1.54, 1.807) is 0 Å². The van der Waals surface area contributed by atoms with Crippen LogP contribution in [0.4, 0.5) is 11.4 Å². The summed E-state index contributed by atoms with van der Waals surface area (Å²) in [4.78, 5) is 4.60. The summed E-state index contributed by atoms with van der Waals surface area (Å²) in [6.45, 7) is 4.41. The number of aromatic nitrogens is 1. The van der Waals surface area contributed by atoms with E-state index in [4.69, 9.17) is 10.00 Å². The van der Waals surface area contributed by atoms with Crippen LogP contribution in [0.25, 0.3) is 11.1 Å². The average Bonchev–Trinajstić information content (AvgIpc) is 2.86. The second-order valence-electron chi connectivity index (χ2n) is 8.11. The molecule has 3 N–H and O–H groups in total. The Hall–Kier alpha value is -3.39. The van der Waals surface area contributed by atoms with E-state index in [1.165, 1.54) is 11.1 Å². The number of pyridine rings is 1. The molecular formula is C26H28N5OP. The quantitative estimate of drug-likeness (QED) is 0.346. The van der Waals surface area contributed by atoms with Gasteiger partial charge < -0.3 is 20.7 Å². The Labute approximate surface area is 197 Å². The number of nitrogens with one attached hydrogen (secondary N) is 3. The van der Waals surface area contributed by atoms with E-state index in [2.05, 4.69) is 61.0 Å². The van der Waals surface area contributed by atoms with Crippen LogP contribution in [0.3, 0.4) is 0 Å². The van der Waals surface area contributed by atoms with Gasteiger partial charge in [0.05, 0.1) is 23.9 Å². The van der Waals surface area contributed by atoms with Gasteiger partial charge in [0.25, 0.3) is 0 Å². The molecule has 1 atom stereocenters. The molecule has 1 aliphatic rings. The summed E-state index contributed by atoms with van der Waals surface area (Å²) >= 11 is 0. The third-order valence-corrected chi connectivity index (χ3v) is 6.14. The first kappa shape index (κ1) is 22.8. The third kappa shape index (κ3) is 5.34. The molecule has 0 spiro atoms. The lowest BCUT2D eigenvalue weighted by Crippen LogP contribution is -2.40. The number of hydrogen-bond donors (Lipinski definition) is 3. The van der Waals surface area contributed by atoms with Gasteiger partial charge in [-0.05, 0) is 72.7 Å². The Kier molecular flexibility index (Phi) is 7.24. The topological polar surface area (TPSA) is 82.0 Å². The Balaban J connectivity index is 1.35. The highest BCUT2D eigenvalue weighted by Crippen LogP contribution is 2.34. The van der Waals surface area contributed by atoms with E-state index in [0.717, 1.165) is 54.1 Å². The number of hydrogen-bond acceptors (Lipinski definition) is 6. The molecule has 0 bridgehead atoms. The van der Waals surface area contributed by atoms with Crippen molar-refractivity contribution in [2.75, 3.05) is 37.3 Å². The number of rotatable bonds is 8. The van der Waals surface area contributed by atoms with Gasteiger partial charge in [-0.1, -0.05) is 12.1 Å². The average molecular weight is 458 g/mol. The Bertz CT molecular complexity index is 1190. The molecule has 33 heavy (non-hydrogen) atoms. The standard InChI is InChI=1S/C26H28N5OP/c1-17-9-24(28-2)21(16-33)10-23(17)20-11-25-26(31-13-20)32-22(15-30-25)14-29-8-7-18-3-5-19(12-27)6-4-18/h3-6,9-11,13,16,22,28-30,33H,7-8,14-15H2,1-2H3. The van der Waals surface area contributed by atoms with Crippen molar-refractivity contribution in [2.24, 2.45) is 0 Å². The molecule has 0 amide bonds. The van der Waals surface area contributed by atoms with Crippen LogP contribution in [-0.4, -0.2) is 43.6 Å². The van der Waals surface area contributed by atoms with Crippen LogP contribution in [-0.2, 0) is 6.42 Å². The fourth-order valence-corrected chi connectivity index (χ4v) is 4.21. The van der Waals surface area contributed by atoms with Crippen molar-refractivity contribution >= 4 is 26.0 Å². The highest BCUT2D eigenvalue weighted by atomic mass is 31.0. The summed E-state index contributed by atoms with van der Waals surface area (Å²) < 4.78 is 6.12. The Morgan fingerprint density at radius 3 is 2.82 bits per heavy atom. The monoisotopic (exact) mass is 457 g/mol. The normalized spacial score (nSPS) is 14.4. The predicted octanol–water partition coefficient (Wildman–Crippen LogP) is 4.27. The van der Waals surface area contributed by atoms with Crippen LogP contribution >= 0.6 is 8.86 Å². The van der Waals surface area contributed by atoms with Gasteiger partial charge in [0.1, 0.15) is 6.10 Å². The minimum Gasteiger partial charge on any atom is -0.470 e. The molecule has 1 aromatic heterocycles. The van der Waals surface area contributed by atoms with Crippen molar-refractivity contribution in [1.82, 2.24) is 10.3 Å². The molecule has 0 fully saturated rings. The van der Waals surface area contributed by atoms with Crippen molar-refractivity contribution in [3.8, 4) is 23.1 Å². The van der Waals surface area contributed by atoms with Crippen molar-refractivity contribution in [3.63, 3.8) is 0 Å². The molecular weight excluding hydrogens is 429 g/mol. The highest BCUT2D eigenvalue weighted by molar-refractivity contribution is 7.19. The maximum atomic E-state index is 8.89. The van der Waals surface area contributed by atoms with E-state index in [0.29, 0.717) is 11.4 Å². The van der Waals surface area contributed by atoms with Gasteiger partial charge in [-0.3, -0.25) is 0 Å². The first-order chi connectivity index (χ1) is 16.1. The van der Waals surface area contributed by atoms with E-state index >= 15 is 0 Å². The number of fused-ring (bicyclic) bond motifs is 1. The van der Waals surface area contributed by atoms with Gasteiger partial charge in [-0.2, -0.15) is 5.26 Å². The number of anilines is 2. The van der Waals surface area contributed by atoms with Crippen molar-refractivity contribution in [1.29, 1.82) is 5.26 Å². The van der Waals surface area contributed by atoms with Crippen LogP contribution in [0, 0.1) is 18.3 Å². The van der Waals surface area contributed by atoms with Gasteiger partial charge in [0.2, 0.25) is 5.88 Å². The first-order valence-corrected chi connectivity index (χ1v) is 11.6. The van der Waals surface area contributed by atoms with Crippen molar-refractivity contribution < 1.29 is 4.74 Å². The van der Waals surface area contributed by atoms with Gasteiger partial charge in [-0.25, -0.2) is 4.98 Å². The van der Waals surface area contributed by atoms with E-state index < -0.39 is 0 Å². The molecule has 0 saturated carbocycles. The smallest absolute Gasteiger partial charge is 0.237 e. The zero-order valence-corrected chi connectivity index (χ0v) is 19.9. The van der Waals surface area contributed by atoms with Gasteiger partial charge >= 0.3 is 0 Å². The van der Waals surface area contributed by atoms with Crippen LogP contribution in [0.5, 0.6) is 5.88 Å². The number of nitriles is 1. The van der Waals surface area contributed by atoms with Crippen LogP contribution in [0.15, 0.2) is 48.7 Å². The fraction of sp³-hybridized carbons (Fsp3) is 0.269. The number of aryl methyl sites for hydroxylation is 1. The lowest BCUT2D eigenvalue weighted by Gasteiger charge is -2.27. The first-order valence-electron chi connectivity index (χ1n) is 11.0. The summed E-state index contributed by atoms with van der Waals surface area (Å²) in [6, 6.07) is 16.3. The predicted molar refractivity (Wildman–Crippen MR) is 138 cm³/mol. The SMILES string of the molecule is CNc1cc(C)c(-c2cnc3c(c2)NCC(CNCCc2ccc(C#N)cc2)O3)cc1C=P. The number of benzene rings is 2. The maximum absolute atomic E-state index is 8.89. The lowest BCUT2D eigenvalue weighted by atomic mass is 9.98. The molecule has 4 rings (SSSR count). The molecule has 2 heterocycles. The molecule has 1 unspecified atom stereocenters. The second kappa shape index (κ2) is 10.5. The molecule has 2 aromatic carbocycles. The fourth-order valence-electron chi connectivity index (χ4n) is 3.97. The van der Waals surface area contributed by atoms with Gasteiger partial charge in [0, 0.05) is 36.6 Å². The minimum atomic E-state index is 0.0165. The molecule has 0 aliphatic carbocycles. The van der Waals surface area contributed by atoms with Crippen LogP contribution < -0.4 is 20.7 Å². The summed E-state index contributed by atoms with van der Waals surface area (Å²) in [7, 11) is 5.44. The molecule has 168 valence electrons. The van der Waals surface area contributed by atoms with Crippen molar-refractivity contribution in [3.05, 3.63) is 70.9 Å². The van der Waals surface area contributed by atoms with Gasteiger partial charge in [-0.15, -0.1) is 8.86 Å². The molecule has 6 nitrogen and oxygen atoms in total. The molecule has 3 aromatic rings. The minimum absolute atomic E-state index is 0.0165. The zero-order valence-electron chi connectivity index (χ0n) is 18.9. The summed E-state index contributed by atoms with van der Waals surface area (Å²) in [5, 5.41) is 19.1.